The second-order valence-electron chi connectivity index (χ2n) is 4.60. The molecular weight excluding hydrogens is 258 g/mol. The molecule has 0 aromatic heterocycles. The third kappa shape index (κ3) is 3.63. The molecule has 0 bridgehead atoms. The van der Waals surface area contributed by atoms with Gasteiger partial charge in [0.2, 0.25) is 5.91 Å². The number of carbonyl (C=O) groups is 2. The molecule has 20 heavy (non-hydrogen) atoms. The molecule has 0 aliphatic heterocycles. The van der Waals surface area contributed by atoms with E-state index < -0.39 is 5.97 Å². The van der Waals surface area contributed by atoms with E-state index in [0.29, 0.717) is 16.9 Å². The minimum atomic E-state index is -0.459. The predicted molar refractivity (Wildman–Crippen MR) is 78.8 cm³/mol. The molecule has 0 aliphatic carbocycles. The topological polar surface area (TPSA) is 75.9 Å². The molecule has 0 radical (unpaired) electrons. The molecule has 0 heterocycles. The van der Waals surface area contributed by atoms with E-state index in [-0.39, 0.29) is 19.1 Å². The Hall–Kier alpha value is -2.24. The zero-order chi connectivity index (χ0) is 15.3. The summed E-state index contributed by atoms with van der Waals surface area (Å²) in [7, 11) is 5.13. The van der Waals surface area contributed by atoms with Crippen molar-refractivity contribution in [1.29, 1.82) is 0 Å². The van der Waals surface area contributed by atoms with Crippen LogP contribution in [-0.4, -0.2) is 51.1 Å². The number of ether oxygens (including phenoxy) is 1. The van der Waals surface area contributed by atoms with Crippen LogP contribution >= 0.6 is 0 Å². The van der Waals surface area contributed by atoms with E-state index in [1.165, 1.54) is 4.90 Å². The summed E-state index contributed by atoms with van der Waals surface area (Å²) in [5, 5.41) is 0. The van der Waals surface area contributed by atoms with Crippen molar-refractivity contribution < 1.29 is 14.3 Å². The first kappa shape index (κ1) is 15.8. The highest BCUT2D eigenvalue weighted by molar-refractivity contribution is 5.98. The van der Waals surface area contributed by atoms with Gasteiger partial charge in [0.15, 0.2) is 0 Å². The molecule has 0 saturated carbocycles. The molecule has 1 amide bonds. The summed E-state index contributed by atoms with van der Waals surface area (Å²) in [6.45, 7) is 2.21. The number of anilines is 2. The number of hydrogen-bond donors (Lipinski definition) is 1. The van der Waals surface area contributed by atoms with Crippen LogP contribution in [0.5, 0.6) is 0 Å². The van der Waals surface area contributed by atoms with Crippen molar-refractivity contribution in [3.05, 3.63) is 23.8 Å². The summed E-state index contributed by atoms with van der Waals surface area (Å²) in [6, 6.07) is 5.09. The van der Waals surface area contributed by atoms with Gasteiger partial charge in [0.1, 0.15) is 0 Å². The summed E-state index contributed by atoms with van der Waals surface area (Å²) in [5.41, 5.74) is 7.26. The largest absolute Gasteiger partial charge is 0.462 e. The van der Waals surface area contributed by atoms with Crippen LogP contribution in [0.4, 0.5) is 11.4 Å². The van der Waals surface area contributed by atoms with E-state index in [1.54, 1.807) is 51.2 Å². The van der Waals surface area contributed by atoms with Crippen LogP contribution in [0.1, 0.15) is 17.3 Å². The quantitative estimate of drug-likeness (QED) is 0.642. The lowest BCUT2D eigenvalue weighted by Gasteiger charge is -2.23. The Morgan fingerprint density at radius 3 is 2.45 bits per heavy atom. The Labute approximate surface area is 119 Å². The van der Waals surface area contributed by atoms with E-state index in [2.05, 4.69) is 0 Å². The summed E-state index contributed by atoms with van der Waals surface area (Å²) in [4.78, 5) is 26.7. The Bertz CT molecular complexity index is 500. The lowest BCUT2D eigenvalue weighted by Crippen LogP contribution is -2.34. The van der Waals surface area contributed by atoms with E-state index in [1.807, 2.05) is 0 Å². The average molecular weight is 279 g/mol. The third-order valence-corrected chi connectivity index (χ3v) is 2.86. The fraction of sp³-hybridized carbons (Fsp3) is 0.429. The Morgan fingerprint density at radius 2 is 1.90 bits per heavy atom. The smallest absolute Gasteiger partial charge is 0.340 e. The fourth-order valence-electron chi connectivity index (χ4n) is 1.70. The molecule has 2 N–H and O–H groups in total. The van der Waals surface area contributed by atoms with Crippen molar-refractivity contribution >= 4 is 23.3 Å². The number of para-hydroxylation sites is 1. The highest BCUT2D eigenvalue weighted by atomic mass is 16.5. The first-order valence-corrected chi connectivity index (χ1v) is 6.35. The van der Waals surface area contributed by atoms with E-state index >= 15 is 0 Å². The van der Waals surface area contributed by atoms with Crippen LogP contribution < -0.4 is 10.6 Å². The number of benzene rings is 1. The molecule has 1 rings (SSSR count). The Morgan fingerprint density at radius 1 is 1.25 bits per heavy atom. The van der Waals surface area contributed by atoms with Gasteiger partial charge in [0.25, 0.3) is 0 Å². The highest BCUT2D eigenvalue weighted by Gasteiger charge is 2.17. The zero-order valence-electron chi connectivity index (χ0n) is 12.3. The number of nitrogen functional groups attached to an aromatic ring is 1. The second-order valence-corrected chi connectivity index (χ2v) is 4.60. The van der Waals surface area contributed by atoms with Gasteiger partial charge in [0, 0.05) is 21.1 Å². The predicted octanol–water partition coefficient (Wildman–Crippen LogP) is 0.970. The number of amides is 1. The molecule has 0 spiro atoms. The van der Waals surface area contributed by atoms with Gasteiger partial charge in [-0.05, 0) is 19.1 Å². The van der Waals surface area contributed by atoms with Gasteiger partial charge in [-0.15, -0.1) is 0 Å². The van der Waals surface area contributed by atoms with E-state index in [0.717, 1.165) is 0 Å². The van der Waals surface area contributed by atoms with Gasteiger partial charge >= 0.3 is 5.97 Å². The number of likely N-dealkylation sites (N-methyl/N-ethyl adjacent to an activating group) is 2. The normalized spacial score (nSPS) is 10.0. The van der Waals surface area contributed by atoms with Crippen molar-refractivity contribution in [2.75, 3.05) is 44.9 Å². The minimum absolute atomic E-state index is 0.0477. The molecule has 6 nitrogen and oxygen atoms in total. The van der Waals surface area contributed by atoms with Crippen LogP contribution in [0.15, 0.2) is 18.2 Å². The van der Waals surface area contributed by atoms with Crippen molar-refractivity contribution in [3.63, 3.8) is 0 Å². The van der Waals surface area contributed by atoms with Crippen molar-refractivity contribution in [1.82, 2.24) is 4.90 Å². The van der Waals surface area contributed by atoms with Crippen molar-refractivity contribution in [2.45, 2.75) is 6.92 Å². The summed E-state index contributed by atoms with van der Waals surface area (Å²) in [6.07, 6.45) is 0. The molecular formula is C14H21N3O3. The van der Waals surface area contributed by atoms with E-state index in [9.17, 15) is 9.59 Å². The van der Waals surface area contributed by atoms with Crippen molar-refractivity contribution in [2.24, 2.45) is 0 Å². The Kier molecular flexibility index (Phi) is 5.37. The maximum absolute atomic E-state index is 11.8. The monoisotopic (exact) mass is 279 g/mol. The molecule has 6 heteroatoms. The second kappa shape index (κ2) is 6.79. The number of esters is 1. The maximum Gasteiger partial charge on any atom is 0.340 e. The van der Waals surface area contributed by atoms with Crippen LogP contribution in [0.2, 0.25) is 0 Å². The first-order chi connectivity index (χ1) is 9.38. The van der Waals surface area contributed by atoms with Gasteiger partial charge in [-0.2, -0.15) is 0 Å². The standard InChI is InChI=1S/C14H21N3O3/c1-5-20-14(19)10-7-6-8-11(13(10)15)17(4)9-12(18)16(2)3/h6-8H,5,9,15H2,1-4H3. The molecule has 0 saturated heterocycles. The molecule has 0 aliphatic rings. The van der Waals surface area contributed by atoms with Gasteiger partial charge in [0.05, 0.1) is 30.1 Å². The van der Waals surface area contributed by atoms with Crippen molar-refractivity contribution in [3.8, 4) is 0 Å². The molecule has 0 atom stereocenters. The zero-order valence-corrected chi connectivity index (χ0v) is 12.3. The van der Waals surface area contributed by atoms with Gasteiger partial charge in [-0.3, -0.25) is 4.79 Å². The van der Waals surface area contributed by atoms with E-state index in [4.69, 9.17) is 10.5 Å². The van der Waals surface area contributed by atoms with Gasteiger partial charge in [-0.25, -0.2) is 4.79 Å². The first-order valence-electron chi connectivity index (χ1n) is 6.35. The number of nitrogens with two attached hydrogens (primary N) is 1. The Balaban J connectivity index is 2.99. The van der Waals surface area contributed by atoms with Gasteiger partial charge < -0.3 is 20.3 Å². The molecule has 0 unspecified atom stereocenters. The summed E-state index contributed by atoms with van der Waals surface area (Å²) in [5.74, 6) is -0.507. The highest BCUT2D eigenvalue weighted by Crippen LogP contribution is 2.26. The molecule has 1 aromatic carbocycles. The molecule has 0 fully saturated rings. The molecule has 110 valence electrons. The SMILES string of the molecule is CCOC(=O)c1cccc(N(C)CC(=O)N(C)C)c1N. The number of rotatable bonds is 5. The van der Waals surface area contributed by atoms with Crippen LogP contribution in [0, 0.1) is 0 Å². The minimum Gasteiger partial charge on any atom is -0.462 e. The fourth-order valence-corrected chi connectivity index (χ4v) is 1.70. The lowest BCUT2D eigenvalue weighted by molar-refractivity contribution is -0.127. The molecule has 1 aromatic rings. The summed E-state index contributed by atoms with van der Waals surface area (Å²) >= 11 is 0. The number of carbonyl (C=O) groups excluding carboxylic acids is 2. The van der Waals surface area contributed by atoms with Gasteiger partial charge in [-0.1, -0.05) is 6.07 Å². The summed E-state index contributed by atoms with van der Waals surface area (Å²) < 4.78 is 4.95. The van der Waals surface area contributed by atoms with Crippen LogP contribution in [-0.2, 0) is 9.53 Å². The van der Waals surface area contributed by atoms with Crippen LogP contribution in [0.3, 0.4) is 0 Å². The lowest BCUT2D eigenvalue weighted by atomic mass is 10.1. The van der Waals surface area contributed by atoms with Crippen LogP contribution in [0.25, 0.3) is 0 Å². The maximum atomic E-state index is 11.8. The third-order valence-electron chi connectivity index (χ3n) is 2.86. The average Bonchev–Trinajstić information content (AvgIpc) is 2.38. The number of nitrogens with zero attached hydrogens (tertiary/aromatic N) is 2. The number of hydrogen-bond acceptors (Lipinski definition) is 5.